The number of carbonyl (C=O) groups excluding carboxylic acids is 1. The van der Waals surface area contributed by atoms with E-state index in [4.69, 9.17) is 9.47 Å². The number of nitrogens with one attached hydrogen (secondary N) is 1. The first-order valence-corrected chi connectivity index (χ1v) is 7.33. The van der Waals surface area contributed by atoms with Crippen LogP contribution in [-0.4, -0.2) is 57.4 Å². The van der Waals surface area contributed by atoms with E-state index in [0.717, 1.165) is 13.0 Å². The van der Waals surface area contributed by atoms with E-state index in [0.29, 0.717) is 26.3 Å². The van der Waals surface area contributed by atoms with E-state index in [9.17, 15) is 4.79 Å². The van der Waals surface area contributed by atoms with Crippen LogP contribution in [0.15, 0.2) is 24.3 Å². The second-order valence-electron chi connectivity index (χ2n) is 5.22. The zero-order chi connectivity index (χ0) is 15.1. The average molecular weight is 329 g/mol. The molecule has 0 saturated heterocycles. The summed E-state index contributed by atoms with van der Waals surface area (Å²) in [7, 11) is 3.29. The Hall–Kier alpha value is -1.14. The fraction of sp³-hybridized carbons (Fsp3) is 0.562. The summed E-state index contributed by atoms with van der Waals surface area (Å²) >= 11 is 0. The van der Waals surface area contributed by atoms with Gasteiger partial charge in [-0.05, 0) is 17.5 Å². The van der Waals surface area contributed by atoms with Gasteiger partial charge in [-0.15, -0.1) is 12.4 Å². The maximum absolute atomic E-state index is 12.7. The number of fused-ring (bicyclic) bond motifs is 1. The maximum Gasteiger partial charge on any atom is 0.240 e. The Morgan fingerprint density at radius 1 is 1.18 bits per heavy atom. The Labute approximate surface area is 138 Å². The van der Waals surface area contributed by atoms with Gasteiger partial charge in [-0.2, -0.15) is 0 Å². The summed E-state index contributed by atoms with van der Waals surface area (Å²) in [5.74, 6) is 0.124. The molecule has 6 heteroatoms. The Kier molecular flexibility index (Phi) is 8.42. The molecule has 1 aliphatic heterocycles. The van der Waals surface area contributed by atoms with Gasteiger partial charge in [0.1, 0.15) is 0 Å². The Balaban J connectivity index is 0.00000242. The number of benzene rings is 1. The van der Waals surface area contributed by atoms with E-state index in [1.54, 1.807) is 14.2 Å². The lowest BCUT2D eigenvalue weighted by Crippen LogP contribution is -2.51. The third kappa shape index (κ3) is 4.95. The number of ether oxygens (including phenoxy) is 2. The minimum absolute atomic E-state index is 0. The molecule has 1 atom stereocenters. The highest BCUT2D eigenvalue weighted by molar-refractivity contribution is 5.85. The highest BCUT2D eigenvalue weighted by atomic mass is 35.5. The van der Waals surface area contributed by atoms with Crippen molar-refractivity contribution in [2.24, 2.45) is 0 Å². The van der Waals surface area contributed by atoms with Gasteiger partial charge >= 0.3 is 0 Å². The molecular weight excluding hydrogens is 304 g/mol. The highest BCUT2D eigenvalue weighted by Gasteiger charge is 2.27. The number of rotatable bonds is 7. The van der Waals surface area contributed by atoms with Gasteiger partial charge in [0.25, 0.3) is 0 Å². The number of halogens is 1. The molecule has 22 heavy (non-hydrogen) atoms. The molecule has 0 radical (unpaired) electrons. The molecule has 1 amide bonds. The largest absolute Gasteiger partial charge is 0.383 e. The van der Waals surface area contributed by atoms with Crippen molar-refractivity contribution in [3.8, 4) is 0 Å². The minimum atomic E-state index is -0.159. The number of methoxy groups -OCH3 is 2. The summed E-state index contributed by atoms with van der Waals surface area (Å²) in [6.07, 6.45) is 0.742. The smallest absolute Gasteiger partial charge is 0.240 e. The van der Waals surface area contributed by atoms with Crippen molar-refractivity contribution in [1.29, 1.82) is 0 Å². The normalized spacial score (nSPS) is 16.5. The van der Waals surface area contributed by atoms with E-state index in [1.807, 2.05) is 17.0 Å². The second kappa shape index (κ2) is 9.79. The van der Waals surface area contributed by atoms with Crippen LogP contribution in [0, 0.1) is 0 Å². The molecule has 1 unspecified atom stereocenters. The van der Waals surface area contributed by atoms with Gasteiger partial charge < -0.3 is 19.7 Å². The lowest BCUT2D eigenvalue weighted by atomic mass is 9.95. The van der Waals surface area contributed by atoms with Gasteiger partial charge in [-0.25, -0.2) is 0 Å². The summed E-state index contributed by atoms with van der Waals surface area (Å²) in [5, 5.41) is 3.34. The SMILES string of the molecule is COCCN(CCOC)C(=O)C1Cc2ccccc2CN1.Cl. The molecule has 5 nitrogen and oxygen atoms in total. The Bertz CT molecular complexity index is 462. The predicted octanol–water partition coefficient (Wildman–Crippen LogP) is 1.24. The summed E-state index contributed by atoms with van der Waals surface area (Å²) in [4.78, 5) is 14.5. The third-order valence-corrected chi connectivity index (χ3v) is 3.82. The molecule has 1 heterocycles. The molecule has 1 aliphatic rings. The predicted molar refractivity (Wildman–Crippen MR) is 88.4 cm³/mol. The van der Waals surface area contributed by atoms with Crippen LogP contribution in [-0.2, 0) is 27.2 Å². The molecule has 0 spiro atoms. The molecule has 2 rings (SSSR count). The van der Waals surface area contributed by atoms with Gasteiger partial charge in [-0.1, -0.05) is 24.3 Å². The molecule has 0 aliphatic carbocycles. The van der Waals surface area contributed by atoms with E-state index in [2.05, 4.69) is 17.4 Å². The summed E-state index contributed by atoms with van der Waals surface area (Å²) in [6.45, 7) is 3.02. The molecular formula is C16H25ClN2O3. The zero-order valence-electron chi connectivity index (χ0n) is 13.2. The number of hydrogen-bond donors (Lipinski definition) is 1. The molecule has 0 bridgehead atoms. The quantitative estimate of drug-likeness (QED) is 0.818. The summed E-state index contributed by atoms with van der Waals surface area (Å²) < 4.78 is 10.2. The minimum Gasteiger partial charge on any atom is -0.383 e. The highest BCUT2D eigenvalue weighted by Crippen LogP contribution is 2.17. The lowest BCUT2D eigenvalue weighted by Gasteiger charge is -2.31. The van der Waals surface area contributed by atoms with Crippen LogP contribution in [0.25, 0.3) is 0 Å². The van der Waals surface area contributed by atoms with Gasteiger partial charge in [-0.3, -0.25) is 4.79 Å². The van der Waals surface area contributed by atoms with Crippen LogP contribution in [0.4, 0.5) is 0 Å². The van der Waals surface area contributed by atoms with Crippen LogP contribution >= 0.6 is 12.4 Å². The van der Waals surface area contributed by atoms with Crippen LogP contribution in [0.3, 0.4) is 0 Å². The zero-order valence-corrected chi connectivity index (χ0v) is 14.0. The van der Waals surface area contributed by atoms with Crippen molar-refractivity contribution in [2.75, 3.05) is 40.5 Å². The molecule has 1 N–H and O–H groups in total. The van der Waals surface area contributed by atoms with Crippen molar-refractivity contribution in [3.05, 3.63) is 35.4 Å². The van der Waals surface area contributed by atoms with Gasteiger partial charge in [0.15, 0.2) is 0 Å². The van der Waals surface area contributed by atoms with Crippen molar-refractivity contribution in [2.45, 2.75) is 19.0 Å². The first kappa shape index (κ1) is 18.9. The van der Waals surface area contributed by atoms with Crippen LogP contribution in [0.5, 0.6) is 0 Å². The topological polar surface area (TPSA) is 50.8 Å². The number of hydrogen-bond acceptors (Lipinski definition) is 4. The molecule has 0 aromatic heterocycles. The first-order chi connectivity index (χ1) is 10.3. The average Bonchev–Trinajstić information content (AvgIpc) is 2.54. The number of carbonyl (C=O) groups is 1. The fourth-order valence-corrected chi connectivity index (χ4v) is 2.58. The monoisotopic (exact) mass is 328 g/mol. The number of nitrogens with zero attached hydrogens (tertiary/aromatic N) is 1. The van der Waals surface area contributed by atoms with Gasteiger partial charge in [0, 0.05) is 33.9 Å². The van der Waals surface area contributed by atoms with Gasteiger partial charge in [0.05, 0.1) is 19.3 Å². The second-order valence-corrected chi connectivity index (χ2v) is 5.22. The number of amides is 1. The molecule has 124 valence electrons. The van der Waals surface area contributed by atoms with E-state index < -0.39 is 0 Å². The van der Waals surface area contributed by atoms with E-state index >= 15 is 0 Å². The molecule has 0 saturated carbocycles. The van der Waals surface area contributed by atoms with Gasteiger partial charge in [0.2, 0.25) is 5.91 Å². The summed E-state index contributed by atoms with van der Waals surface area (Å²) in [6, 6.07) is 8.11. The van der Waals surface area contributed by atoms with E-state index in [1.165, 1.54) is 11.1 Å². The maximum atomic E-state index is 12.7. The van der Waals surface area contributed by atoms with Crippen molar-refractivity contribution in [3.63, 3.8) is 0 Å². The van der Waals surface area contributed by atoms with Crippen LogP contribution < -0.4 is 5.32 Å². The van der Waals surface area contributed by atoms with Crippen molar-refractivity contribution < 1.29 is 14.3 Å². The lowest BCUT2D eigenvalue weighted by molar-refractivity contribution is -0.135. The van der Waals surface area contributed by atoms with Crippen molar-refractivity contribution >= 4 is 18.3 Å². The Morgan fingerprint density at radius 3 is 2.36 bits per heavy atom. The molecule has 0 fully saturated rings. The third-order valence-electron chi connectivity index (χ3n) is 3.82. The van der Waals surface area contributed by atoms with Crippen LogP contribution in [0.1, 0.15) is 11.1 Å². The Morgan fingerprint density at radius 2 is 1.77 bits per heavy atom. The van der Waals surface area contributed by atoms with Crippen LogP contribution in [0.2, 0.25) is 0 Å². The standard InChI is InChI=1S/C16H24N2O3.ClH/c1-20-9-7-18(8-10-21-2)16(19)15-11-13-5-3-4-6-14(13)12-17-15;/h3-6,15,17H,7-12H2,1-2H3;1H. The van der Waals surface area contributed by atoms with Crippen molar-refractivity contribution in [1.82, 2.24) is 10.2 Å². The summed E-state index contributed by atoms with van der Waals surface area (Å²) in [5.41, 5.74) is 2.54. The van der Waals surface area contributed by atoms with E-state index in [-0.39, 0.29) is 24.4 Å². The molecule has 1 aromatic carbocycles. The molecule has 1 aromatic rings. The fourth-order valence-electron chi connectivity index (χ4n) is 2.58. The first-order valence-electron chi connectivity index (χ1n) is 7.33.